The molecule has 0 fully saturated rings. The van der Waals surface area contributed by atoms with Crippen LogP contribution in [-0.4, -0.2) is 105 Å². The molecule has 0 spiro atoms. The van der Waals surface area contributed by atoms with Gasteiger partial charge in [-0.25, -0.2) is 0 Å². The van der Waals surface area contributed by atoms with Crippen molar-refractivity contribution in [3.8, 4) is 46.8 Å². The van der Waals surface area contributed by atoms with Gasteiger partial charge in [-0.3, -0.25) is 9.11 Å². The first kappa shape index (κ1) is 49.3. The predicted octanol–water partition coefficient (Wildman–Crippen LogP) is 9.29. The Kier molecular flexibility index (Phi) is 16.7. The summed E-state index contributed by atoms with van der Waals surface area (Å²) in [6.45, 7) is 0. The van der Waals surface area contributed by atoms with Gasteiger partial charge < -0.3 is 29.6 Å². The van der Waals surface area contributed by atoms with Gasteiger partial charge in [-0.1, -0.05) is 97.1 Å². The summed E-state index contributed by atoms with van der Waals surface area (Å²) in [5.74, 6) is 2.42. The Morgan fingerprint density at radius 2 is 0.727 bits per heavy atom. The molecule has 16 nitrogen and oxygen atoms in total. The monoisotopic (exact) mass is 942 g/mol. The molecule has 20 heteroatoms. The zero-order valence-electron chi connectivity index (χ0n) is 33.1. The van der Waals surface area contributed by atoms with Gasteiger partial charge in [0.05, 0.1) is 0 Å². The van der Waals surface area contributed by atoms with E-state index in [2.05, 4.69) is 30.6 Å². The fourth-order valence-corrected chi connectivity index (χ4v) is 7.38. The fourth-order valence-electron chi connectivity index (χ4n) is 5.96. The van der Waals surface area contributed by atoms with Gasteiger partial charge in [-0.05, 0) is 83.9 Å². The Hall–Kier alpha value is -6.16. The molecule has 0 aliphatic carbocycles. The maximum atomic E-state index is 12.7. The van der Waals surface area contributed by atoms with E-state index in [0.29, 0.717) is 23.0 Å². The molecule has 4 N–H and O–H groups in total. The van der Waals surface area contributed by atoms with Crippen LogP contribution in [0.2, 0.25) is 0 Å². The molecule has 0 bridgehead atoms. The third-order valence-corrected chi connectivity index (χ3v) is 10.6. The predicted molar refractivity (Wildman–Crippen MR) is 252 cm³/mol. The Labute approximate surface area is 423 Å². The third-order valence-electron chi connectivity index (χ3n) is 8.77. The molecule has 8 aromatic rings. The second kappa shape index (κ2) is 22.4. The first-order valence-electron chi connectivity index (χ1n) is 19.0. The number of para-hydroxylation sites is 4. The molecule has 0 saturated heterocycles. The van der Waals surface area contributed by atoms with Crippen molar-refractivity contribution in [1.29, 1.82) is 0 Å². The summed E-state index contributed by atoms with van der Waals surface area (Å²) >= 11 is 0. The van der Waals surface area contributed by atoms with Crippen LogP contribution >= 0.6 is 0 Å². The summed E-state index contributed by atoms with van der Waals surface area (Å²) in [6.07, 6.45) is 2.55. The topological polar surface area (TPSA) is 221 Å². The number of nitrogens with one attached hydrogen (secondary N) is 2. The molecular formula is C46H36N6Na2O10S2. The minimum absolute atomic E-state index is 0. The molecule has 324 valence electrons. The van der Waals surface area contributed by atoms with E-state index in [-0.39, 0.29) is 117 Å². The average molecular weight is 943 g/mol. The van der Waals surface area contributed by atoms with E-state index in [9.17, 15) is 25.9 Å². The average Bonchev–Trinajstić information content (AvgIpc) is 3.27. The second-order valence-corrected chi connectivity index (χ2v) is 16.2. The van der Waals surface area contributed by atoms with Gasteiger partial charge in [-0.15, -0.1) is 0 Å². The van der Waals surface area contributed by atoms with Gasteiger partial charge in [0.25, 0.3) is 20.2 Å². The summed E-state index contributed by atoms with van der Waals surface area (Å²) in [5.41, 5.74) is 0.345. The van der Waals surface area contributed by atoms with Crippen molar-refractivity contribution in [1.82, 2.24) is 19.9 Å². The Balaban J connectivity index is 0.00000360. The number of anilines is 4. The number of aromatic nitrogens is 4. The molecule has 0 aliphatic heterocycles. The Morgan fingerprint density at radius 1 is 0.409 bits per heavy atom. The van der Waals surface area contributed by atoms with Gasteiger partial charge >= 0.3 is 71.1 Å². The van der Waals surface area contributed by atoms with Crippen LogP contribution in [0.3, 0.4) is 0 Å². The summed E-state index contributed by atoms with van der Waals surface area (Å²) in [6, 6.07) is 46.3. The normalized spacial score (nSPS) is 11.1. The summed E-state index contributed by atoms with van der Waals surface area (Å²) < 4.78 is 95.1. The van der Waals surface area contributed by atoms with E-state index in [1.807, 2.05) is 24.3 Å². The number of nitrogens with zero attached hydrogens (tertiary/aromatic N) is 4. The van der Waals surface area contributed by atoms with E-state index in [1.54, 1.807) is 97.1 Å². The van der Waals surface area contributed by atoms with Crippen LogP contribution in [0.4, 0.5) is 23.0 Å². The van der Waals surface area contributed by atoms with Crippen molar-refractivity contribution in [2.45, 2.75) is 9.79 Å². The molecule has 0 unspecified atom stereocenters. The molecule has 2 heterocycles. The molecular weight excluding hydrogens is 907 g/mol. The second-order valence-electron chi connectivity index (χ2n) is 13.4. The fraction of sp³-hybridized carbons (Fsp3) is 0. The molecule has 2 aromatic heterocycles. The summed E-state index contributed by atoms with van der Waals surface area (Å²) in [5, 5.41) is 6.00. The Morgan fingerprint density at radius 3 is 1.05 bits per heavy atom. The van der Waals surface area contributed by atoms with Gasteiger partial charge in [-0.2, -0.15) is 36.8 Å². The van der Waals surface area contributed by atoms with Crippen LogP contribution in [0.1, 0.15) is 11.1 Å². The molecule has 0 aliphatic rings. The van der Waals surface area contributed by atoms with Crippen molar-refractivity contribution in [3.05, 3.63) is 181 Å². The SMILES string of the molecule is O=S(=O)(O)c1cc(Nc2cc(Oc3ccccc3)nc(Oc3ccccc3)n2)ccc1/C=C/c1ccc(Nc2cc(Oc3ccccc3)nc(Oc3ccccc3)n2)cc1S(=O)(=O)O.[NaH].[NaH]. The first-order valence-corrected chi connectivity index (χ1v) is 21.9. The number of hydrogen-bond donors (Lipinski definition) is 4. The Bertz CT molecular complexity index is 2850. The van der Waals surface area contributed by atoms with E-state index in [0.717, 1.165) is 12.1 Å². The minimum atomic E-state index is -4.86. The van der Waals surface area contributed by atoms with Crippen molar-refractivity contribution in [2.24, 2.45) is 0 Å². The van der Waals surface area contributed by atoms with E-state index < -0.39 is 30.0 Å². The summed E-state index contributed by atoms with van der Waals surface area (Å²) in [7, 11) is -9.72. The van der Waals surface area contributed by atoms with Crippen LogP contribution in [0, 0.1) is 0 Å². The van der Waals surface area contributed by atoms with Gasteiger partial charge in [0.2, 0.25) is 11.8 Å². The van der Waals surface area contributed by atoms with Gasteiger partial charge in [0, 0.05) is 23.5 Å². The summed E-state index contributed by atoms with van der Waals surface area (Å²) in [4.78, 5) is 16.5. The number of rotatable bonds is 16. The van der Waals surface area contributed by atoms with Crippen LogP contribution in [0.5, 0.6) is 46.8 Å². The van der Waals surface area contributed by atoms with Crippen LogP contribution < -0.4 is 29.6 Å². The van der Waals surface area contributed by atoms with Crippen LogP contribution in [0.15, 0.2) is 180 Å². The third kappa shape index (κ3) is 13.7. The van der Waals surface area contributed by atoms with Crippen molar-refractivity contribution in [3.63, 3.8) is 0 Å². The number of ether oxygens (including phenoxy) is 4. The van der Waals surface area contributed by atoms with Gasteiger partial charge in [0.1, 0.15) is 44.4 Å². The van der Waals surface area contributed by atoms with Crippen LogP contribution in [-0.2, 0) is 20.2 Å². The molecule has 8 rings (SSSR count). The molecule has 0 amide bonds. The molecule has 0 atom stereocenters. The van der Waals surface area contributed by atoms with E-state index in [1.165, 1.54) is 48.6 Å². The molecule has 6 aromatic carbocycles. The van der Waals surface area contributed by atoms with Crippen LogP contribution in [0.25, 0.3) is 12.2 Å². The van der Waals surface area contributed by atoms with E-state index >= 15 is 0 Å². The number of hydrogen-bond acceptors (Lipinski definition) is 14. The van der Waals surface area contributed by atoms with Crippen molar-refractivity contribution < 1.29 is 44.9 Å². The van der Waals surface area contributed by atoms with Crippen molar-refractivity contribution >= 4 is 115 Å². The first-order chi connectivity index (χ1) is 30.9. The number of benzene rings is 6. The zero-order valence-corrected chi connectivity index (χ0v) is 34.7. The maximum absolute atomic E-state index is 12.7. The molecule has 66 heavy (non-hydrogen) atoms. The quantitative estimate of drug-likeness (QED) is 0.0403. The van der Waals surface area contributed by atoms with E-state index in [4.69, 9.17) is 18.9 Å². The van der Waals surface area contributed by atoms with Crippen molar-refractivity contribution in [2.75, 3.05) is 10.6 Å². The van der Waals surface area contributed by atoms with Gasteiger partial charge in [0.15, 0.2) is 0 Å². The zero-order chi connectivity index (χ0) is 44.5. The molecule has 0 radical (unpaired) electrons. The molecule has 0 saturated carbocycles. The standard InChI is InChI=1S/C46H34N6O10S2.2Na.2H/c53-63(54,55)39-27-33(47-41-29-43(59-35-13-5-1-6-14-35)51-45(49-41)61-37-17-9-3-10-18-37)25-23-31(39)21-22-32-24-26-34(28-40(32)64(56,57)58)48-42-30-44(60-36-15-7-2-8-16-36)52-46(50-42)62-38-19-11-4-12-20-38;;;;/h1-30H,(H,47,49,51)(H,48,50,52)(H,53,54,55)(H,56,57,58);;;;/b22-21+;;;;.